The zero-order valence-electron chi connectivity index (χ0n) is 12.6. The summed E-state index contributed by atoms with van der Waals surface area (Å²) in [5, 5.41) is 5.42. The van der Waals surface area contributed by atoms with Crippen LogP contribution in [0.25, 0.3) is 0 Å². The highest BCUT2D eigenvalue weighted by Gasteiger charge is 2.29. The summed E-state index contributed by atoms with van der Waals surface area (Å²) in [5.74, 6) is -0.00159. The van der Waals surface area contributed by atoms with Crippen LogP contribution >= 0.6 is 0 Å². The molecule has 0 heterocycles. The minimum absolute atomic E-state index is 0.0591. The molecule has 5 heteroatoms. The number of likely N-dealkylation sites (N-methyl/N-ethyl adjacent to an activating group) is 2. The molecule has 0 fully saturated rings. The lowest BCUT2D eigenvalue weighted by atomic mass is 9.99. The molecule has 2 atom stereocenters. The molecule has 1 unspecified atom stereocenters. The molecule has 5 nitrogen and oxygen atoms in total. The van der Waals surface area contributed by atoms with Crippen LogP contribution in [0.2, 0.25) is 0 Å². The summed E-state index contributed by atoms with van der Waals surface area (Å²) in [5.41, 5.74) is 0. The molecule has 0 rings (SSSR count). The van der Waals surface area contributed by atoms with E-state index >= 15 is 0 Å². The van der Waals surface area contributed by atoms with E-state index in [0.717, 1.165) is 0 Å². The van der Waals surface area contributed by atoms with E-state index in [1.807, 2.05) is 46.7 Å². The third kappa shape index (κ3) is 4.64. The smallest absolute Gasteiger partial charge is 0.242 e. The van der Waals surface area contributed by atoms with Crippen LogP contribution in [-0.4, -0.2) is 49.9 Å². The Morgan fingerprint density at radius 2 is 1.44 bits per heavy atom. The fourth-order valence-electron chi connectivity index (χ4n) is 2.06. The highest BCUT2D eigenvalue weighted by molar-refractivity contribution is 5.89. The van der Waals surface area contributed by atoms with Gasteiger partial charge in [0.15, 0.2) is 0 Å². The standard InChI is InChI=1S/C13H27N3O2/c1-8(2)10(12(17)14-5)15-13(18)11(9(3)4)16(6)7/h8-11H,1-7H3,(H,14,17)(H,15,18)/t10?,11-/m1/s1. The Labute approximate surface area is 110 Å². The van der Waals surface area contributed by atoms with Gasteiger partial charge in [-0.2, -0.15) is 0 Å². The number of carbonyl (C=O) groups is 2. The summed E-state index contributed by atoms with van der Waals surface area (Å²) in [6.07, 6.45) is 0. The Hall–Kier alpha value is -1.10. The minimum atomic E-state index is -0.483. The van der Waals surface area contributed by atoms with Crippen molar-refractivity contribution in [2.45, 2.75) is 39.8 Å². The molecule has 0 aliphatic heterocycles. The topological polar surface area (TPSA) is 61.4 Å². The zero-order valence-corrected chi connectivity index (χ0v) is 12.6. The lowest BCUT2D eigenvalue weighted by Crippen LogP contribution is -2.55. The van der Waals surface area contributed by atoms with E-state index in [1.54, 1.807) is 7.05 Å². The second-order valence-electron chi connectivity index (χ2n) is 5.50. The van der Waals surface area contributed by atoms with Crippen molar-refractivity contribution in [1.82, 2.24) is 15.5 Å². The van der Waals surface area contributed by atoms with E-state index in [9.17, 15) is 9.59 Å². The van der Waals surface area contributed by atoms with Crippen molar-refractivity contribution in [3.63, 3.8) is 0 Å². The third-order valence-corrected chi connectivity index (χ3v) is 2.95. The number of rotatable bonds is 6. The molecule has 0 aliphatic rings. The number of hydrogen-bond acceptors (Lipinski definition) is 3. The maximum atomic E-state index is 12.2. The van der Waals surface area contributed by atoms with E-state index in [-0.39, 0.29) is 29.7 Å². The average molecular weight is 257 g/mol. The van der Waals surface area contributed by atoms with E-state index < -0.39 is 6.04 Å². The maximum absolute atomic E-state index is 12.2. The average Bonchev–Trinajstić information content (AvgIpc) is 2.23. The summed E-state index contributed by atoms with van der Waals surface area (Å²) < 4.78 is 0. The highest BCUT2D eigenvalue weighted by Crippen LogP contribution is 2.09. The van der Waals surface area contributed by atoms with Gasteiger partial charge in [-0.15, -0.1) is 0 Å². The number of carbonyl (C=O) groups excluding carboxylic acids is 2. The molecule has 18 heavy (non-hydrogen) atoms. The molecule has 2 N–H and O–H groups in total. The minimum Gasteiger partial charge on any atom is -0.357 e. The first-order valence-electron chi connectivity index (χ1n) is 6.40. The number of amides is 2. The van der Waals surface area contributed by atoms with Gasteiger partial charge in [-0.05, 0) is 25.9 Å². The summed E-state index contributed by atoms with van der Waals surface area (Å²) in [4.78, 5) is 25.8. The molecule has 0 aromatic rings. The highest BCUT2D eigenvalue weighted by atomic mass is 16.2. The molecule has 0 aromatic carbocycles. The fraction of sp³-hybridized carbons (Fsp3) is 0.846. The van der Waals surface area contributed by atoms with E-state index in [2.05, 4.69) is 10.6 Å². The van der Waals surface area contributed by atoms with Gasteiger partial charge in [-0.25, -0.2) is 0 Å². The molecule has 0 aromatic heterocycles. The van der Waals surface area contributed by atoms with Crippen molar-refractivity contribution in [1.29, 1.82) is 0 Å². The van der Waals surface area contributed by atoms with Gasteiger partial charge in [-0.1, -0.05) is 27.7 Å². The molecule has 0 bridgehead atoms. The van der Waals surface area contributed by atoms with Crippen LogP contribution in [0, 0.1) is 11.8 Å². The molecule has 0 radical (unpaired) electrons. The normalized spacial score (nSPS) is 14.8. The van der Waals surface area contributed by atoms with Gasteiger partial charge >= 0.3 is 0 Å². The molecule has 2 amide bonds. The van der Waals surface area contributed by atoms with E-state index in [1.165, 1.54) is 0 Å². The Kier molecular flexibility index (Phi) is 6.91. The maximum Gasteiger partial charge on any atom is 0.242 e. The monoisotopic (exact) mass is 257 g/mol. The summed E-state index contributed by atoms with van der Waals surface area (Å²) in [6.45, 7) is 7.82. The van der Waals surface area contributed by atoms with Gasteiger partial charge in [-0.3, -0.25) is 14.5 Å². The van der Waals surface area contributed by atoms with Gasteiger partial charge in [0.25, 0.3) is 0 Å². The SMILES string of the molecule is CNC(=O)C(NC(=O)[C@@H](C(C)C)N(C)C)C(C)C. The molecule has 0 saturated carbocycles. The van der Waals surface area contributed by atoms with Crippen molar-refractivity contribution in [2.24, 2.45) is 11.8 Å². The first-order valence-corrected chi connectivity index (χ1v) is 6.40. The Bertz CT molecular complexity index is 280. The molecule has 0 aliphatic carbocycles. The second kappa shape index (κ2) is 7.36. The van der Waals surface area contributed by atoms with Crippen molar-refractivity contribution < 1.29 is 9.59 Å². The van der Waals surface area contributed by atoms with Gasteiger partial charge in [0, 0.05) is 7.05 Å². The molecular formula is C13H27N3O2. The molecule has 0 saturated heterocycles. The molecule has 0 spiro atoms. The summed E-state index contributed by atoms with van der Waals surface area (Å²) in [6, 6.07) is -0.709. The van der Waals surface area contributed by atoms with Gasteiger partial charge in [0.2, 0.25) is 11.8 Å². The first kappa shape index (κ1) is 16.9. The quantitative estimate of drug-likeness (QED) is 0.726. The number of hydrogen-bond donors (Lipinski definition) is 2. The summed E-state index contributed by atoms with van der Waals surface area (Å²) in [7, 11) is 5.32. The predicted molar refractivity (Wildman–Crippen MR) is 73.1 cm³/mol. The van der Waals surface area contributed by atoms with Crippen LogP contribution in [0.4, 0.5) is 0 Å². The van der Waals surface area contributed by atoms with E-state index in [0.29, 0.717) is 0 Å². The fourth-order valence-corrected chi connectivity index (χ4v) is 2.06. The first-order chi connectivity index (χ1) is 8.22. The predicted octanol–water partition coefficient (Wildman–Crippen LogP) is 0.459. The van der Waals surface area contributed by atoms with Crippen LogP contribution in [0.5, 0.6) is 0 Å². The van der Waals surface area contributed by atoms with Gasteiger partial charge in [0.05, 0.1) is 6.04 Å². The van der Waals surface area contributed by atoms with Crippen LogP contribution in [0.15, 0.2) is 0 Å². The van der Waals surface area contributed by atoms with Gasteiger partial charge in [0.1, 0.15) is 6.04 Å². The zero-order chi connectivity index (χ0) is 14.5. The van der Waals surface area contributed by atoms with Crippen molar-refractivity contribution >= 4 is 11.8 Å². The van der Waals surface area contributed by atoms with Crippen molar-refractivity contribution in [2.75, 3.05) is 21.1 Å². The molecular weight excluding hydrogens is 230 g/mol. The Morgan fingerprint density at radius 1 is 0.944 bits per heavy atom. The van der Waals surface area contributed by atoms with Crippen LogP contribution in [-0.2, 0) is 9.59 Å². The number of nitrogens with one attached hydrogen (secondary N) is 2. The van der Waals surface area contributed by atoms with Crippen LogP contribution in [0.1, 0.15) is 27.7 Å². The van der Waals surface area contributed by atoms with Crippen molar-refractivity contribution in [3.05, 3.63) is 0 Å². The Balaban J connectivity index is 4.82. The van der Waals surface area contributed by atoms with Gasteiger partial charge < -0.3 is 10.6 Å². The second-order valence-corrected chi connectivity index (χ2v) is 5.50. The largest absolute Gasteiger partial charge is 0.357 e. The lowest BCUT2D eigenvalue weighted by Gasteiger charge is -2.29. The molecule has 106 valence electrons. The third-order valence-electron chi connectivity index (χ3n) is 2.95. The lowest BCUT2D eigenvalue weighted by molar-refractivity contribution is -0.133. The Morgan fingerprint density at radius 3 is 1.72 bits per heavy atom. The van der Waals surface area contributed by atoms with Crippen LogP contribution in [0.3, 0.4) is 0 Å². The number of nitrogens with zero attached hydrogens (tertiary/aromatic N) is 1. The van der Waals surface area contributed by atoms with E-state index in [4.69, 9.17) is 0 Å². The van der Waals surface area contributed by atoms with Crippen molar-refractivity contribution in [3.8, 4) is 0 Å². The van der Waals surface area contributed by atoms with Crippen LogP contribution < -0.4 is 10.6 Å². The summed E-state index contributed by atoms with van der Waals surface area (Å²) >= 11 is 0.